The van der Waals surface area contributed by atoms with E-state index in [2.05, 4.69) is 68.2 Å². The second-order valence-corrected chi connectivity index (χ2v) is 12.0. The Balaban J connectivity index is 1.68. The number of nitrogens with zero attached hydrogens (tertiary/aromatic N) is 4. The average Bonchev–Trinajstić information content (AvgIpc) is 3.37. The van der Waals surface area contributed by atoms with Crippen molar-refractivity contribution in [1.29, 1.82) is 0 Å². The van der Waals surface area contributed by atoms with Crippen LogP contribution in [0.5, 0.6) is 11.5 Å². The molecular weight excluding hydrogens is 508 g/mol. The predicted molar refractivity (Wildman–Crippen MR) is 162 cm³/mol. The van der Waals surface area contributed by atoms with Gasteiger partial charge in [-0.05, 0) is 43.9 Å². The second kappa shape index (κ2) is 11.9. The molecule has 1 atom stereocenters. The van der Waals surface area contributed by atoms with Gasteiger partial charge in [0.25, 0.3) is 0 Å². The Hall–Kier alpha value is -3.23. The first-order valence-electron chi connectivity index (χ1n) is 13.2. The summed E-state index contributed by atoms with van der Waals surface area (Å²) in [7, 11) is 5.34. The number of rotatable bonds is 11. The van der Waals surface area contributed by atoms with E-state index in [4.69, 9.17) is 19.2 Å². The number of anilines is 2. The summed E-state index contributed by atoms with van der Waals surface area (Å²) >= 11 is 1.76. The van der Waals surface area contributed by atoms with Gasteiger partial charge in [-0.2, -0.15) is 0 Å². The third kappa shape index (κ3) is 6.50. The van der Waals surface area contributed by atoms with Crippen molar-refractivity contribution in [3.8, 4) is 22.8 Å². The normalized spacial score (nSPS) is 13.3. The summed E-state index contributed by atoms with van der Waals surface area (Å²) in [4.78, 5) is 11.6. The highest BCUT2D eigenvalue weighted by atomic mass is 32.2. The lowest BCUT2D eigenvalue weighted by Gasteiger charge is -2.40. The lowest BCUT2D eigenvalue weighted by atomic mass is 9.89. The van der Waals surface area contributed by atoms with E-state index in [9.17, 15) is 0 Å². The van der Waals surface area contributed by atoms with Crippen molar-refractivity contribution in [2.75, 3.05) is 38.5 Å². The van der Waals surface area contributed by atoms with Crippen molar-refractivity contribution in [3.05, 3.63) is 61.1 Å². The third-order valence-electron chi connectivity index (χ3n) is 7.27. The van der Waals surface area contributed by atoms with Crippen LogP contribution in [0.25, 0.3) is 22.3 Å². The molecular formula is C31H40N4O3S. The highest BCUT2D eigenvalue weighted by Crippen LogP contribution is 2.41. The molecule has 0 aliphatic rings. The van der Waals surface area contributed by atoms with Gasteiger partial charge in [-0.1, -0.05) is 20.8 Å². The van der Waals surface area contributed by atoms with Crippen molar-refractivity contribution >= 4 is 34.2 Å². The number of methoxy groups -OCH3 is 2. The zero-order chi connectivity index (χ0) is 28.2. The minimum absolute atomic E-state index is 0.0136. The molecule has 7 nitrogen and oxygen atoms in total. The molecule has 2 aromatic carbocycles. The Labute approximate surface area is 236 Å². The molecule has 0 aliphatic carbocycles. The fourth-order valence-corrected chi connectivity index (χ4v) is 5.20. The molecule has 2 heterocycles. The summed E-state index contributed by atoms with van der Waals surface area (Å²) in [6, 6.07) is 14.2. The largest absolute Gasteiger partial charge is 0.497 e. The fourth-order valence-electron chi connectivity index (χ4n) is 4.39. The van der Waals surface area contributed by atoms with Gasteiger partial charge in [-0.3, -0.25) is 4.98 Å². The zero-order valence-electron chi connectivity index (χ0n) is 24.3. The Kier molecular flexibility index (Phi) is 8.76. The topological polar surface area (TPSA) is 61.6 Å². The predicted octanol–water partition coefficient (Wildman–Crippen LogP) is 7.32. The Morgan fingerprint density at radius 3 is 2.23 bits per heavy atom. The van der Waals surface area contributed by atoms with E-state index >= 15 is 0 Å². The van der Waals surface area contributed by atoms with Gasteiger partial charge in [0.15, 0.2) is 0 Å². The minimum Gasteiger partial charge on any atom is -0.497 e. The Bertz CT molecular complexity index is 1390. The molecule has 0 fully saturated rings. The molecule has 208 valence electrons. The van der Waals surface area contributed by atoms with Crippen molar-refractivity contribution in [1.82, 2.24) is 14.5 Å². The highest BCUT2D eigenvalue weighted by molar-refractivity contribution is 7.99. The summed E-state index contributed by atoms with van der Waals surface area (Å²) in [6.07, 6.45) is 8.84. The number of ether oxygens (including phenoxy) is 3. The van der Waals surface area contributed by atoms with E-state index < -0.39 is 0 Å². The second-order valence-electron chi connectivity index (χ2n) is 10.8. The molecule has 0 bridgehead atoms. The first-order valence-corrected chi connectivity index (χ1v) is 14.4. The van der Waals surface area contributed by atoms with Crippen LogP contribution in [0, 0.1) is 5.41 Å². The minimum atomic E-state index is -0.274. The molecule has 39 heavy (non-hydrogen) atoms. The van der Waals surface area contributed by atoms with Gasteiger partial charge >= 0.3 is 0 Å². The number of thioether (sulfide) groups is 1. The maximum atomic E-state index is 6.45. The third-order valence-corrected chi connectivity index (χ3v) is 8.78. The summed E-state index contributed by atoms with van der Waals surface area (Å²) in [5.41, 5.74) is 5.58. The first kappa shape index (κ1) is 28.8. The van der Waals surface area contributed by atoms with Crippen molar-refractivity contribution in [2.45, 2.75) is 39.0 Å². The summed E-state index contributed by atoms with van der Waals surface area (Å²) in [5, 5.41) is 0. The van der Waals surface area contributed by atoms with E-state index in [0.29, 0.717) is 6.61 Å². The summed E-state index contributed by atoms with van der Waals surface area (Å²) in [6.45, 7) is 10.2. The monoisotopic (exact) mass is 548 g/mol. The molecule has 0 radical (unpaired) electrons. The molecule has 0 aliphatic heterocycles. The van der Waals surface area contributed by atoms with Gasteiger partial charge in [-0.15, -0.1) is 11.8 Å². The first-order chi connectivity index (χ1) is 18.6. The van der Waals surface area contributed by atoms with Crippen molar-refractivity contribution in [2.24, 2.45) is 12.5 Å². The van der Waals surface area contributed by atoms with E-state index in [1.807, 2.05) is 48.3 Å². The molecule has 0 saturated heterocycles. The molecule has 0 N–H and O–H groups in total. The van der Waals surface area contributed by atoms with E-state index in [0.717, 1.165) is 58.1 Å². The number of aromatic nitrogens is 3. The van der Waals surface area contributed by atoms with Gasteiger partial charge in [0.1, 0.15) is 16.4 Å². The van der Waals surface area contributed by atoms with Crippen LogP contribution in [-0.2, 0) is 11.8 Å². The molecule has 0 amide bonds. The van der Waals surface area contributed by atoms with Crippen molar-refractivity contribution in [3.63, 3.8) is 0 Å². The number of fused-ring (bicyclic) bond motifs is 1. The van der Waals surface area contributed by atoms with Gasteiger partial charge in [0, 0.05) is 66.5 Å². The van der Waals surface area contributed by atoms with Crippen LogP contribution in [0.1, 0.15) is 34.1 Å². The standard InChI is InChI=1S/C31H40N4O3S/c1-30(2,3)31(4,39-8)38-15-9-13-35(24-16-25(36-6)19-26(17-24)37-7)23-10-11-27-28(18-23)33-29(20-32-27)22-12-14-34(5)21-22/h10-12,14,16-21H,9,13,15H2,1-8H3/t31-/m1/s1. The van der Waals surface area contributed by atoms with Crippen LogP contribution in [0.15, 0.2) is 61.1 Å². The number of aryl methyl sites for hydroxylation is 1. The lowest BCUT2D eigenvalue weighted by Crippen LogP contribution is -2.39. The zero-order valence-corrected chi connectivity index (χ0v) is 25.1. The van der Waals surface area contributed by atoms with Crippen LogP contribution in [0.3, 0.4) is 0 Å². The molecule has 0 spiro atoms. The molecule has 0 unspecified atom stereocenters. The quantitative estimate of drug-likeness (QED) is 0.144. The molecule has 4 aromatic rings. The molecule has 0 saturated carbocycles. The smallest absolute Gasteiger partial charge is 0.124 e. The van der Waals surface area contributed by atoms with Crippen LogP contribution >= 0.6 is 11.8 Å². The average molecular weight is 549 g/mol. The molecule has 8 heteroatoms. The van der Waals surface area contributed by atoms with Gasteiger partial charge in [0.05, 0.1) is 43.8 Å². The SMILES string of the molecule is COc1cc(OC)cc(N(CCCO[C@](C)(SC)C(C)(C)C)c2ccc3ncc(-c4ccn(C)c4)nc3c2)c1. The van der Waals surface area contributed by atoms with Gasteiger partial charge in [-0.25, -0.2) is 4.98 Å². The van der Waals surface area contributed by atoms with Gasteiger partial charge < -0.3 is 23.7 Å². The fraction of sp³-hybridized carbons (Fsp3) is 0.419. The van der Waals surface area contributed by atoms with Crippen molar-refractivity contribution < 1.29 is 14.2 Å². The number of hydrogen-bond donors (Lipinski definition) is 0. The summed E-state index contributed by atoms with van der Waals surface area (Å²) < 4.78 is 19.6. The lowest BCUT2D eigenvalue weighted by molar-refractivity contribution is -0.0333. The maximum Gasteiger partial charge on any atom is 0.124 e. The van der Waals surface area contributed by atoms with Crippen LogP contribution in [0.4, 0.5) is 11.4 Å². The molecule has 4 rings (SSSR count). The van der Waals surface area contributed by atoms with Gasteiger partial charge in [0.2, 0.25) is 0 Å². The van der Waals surface area contributed by atoms with Crippen LogP contribution in [-0.4, -0.2) is 53.1 Å². The summed E-state index contributed by atoms with van der Waals surface area (Å²) in [5.74, 6) is 1.47. The van der Waals surface area contributed by atoms with Crippen LogP contribution < -0.4 is 14.4 Å². The molecule has 2 aromatic heterocycles. The number of hydrogen-bond acceptors (Lipinski definition) is 7. The highest BCUT2D eigenvalue weighted by Gasteiger charge is 2.37. The maximum absolute atomic E-state index is 6.45. The number of benzene rings is 2. The van der Waals surface area contributed by atoms with E-state index in [-0.39, 0.29) is 10.3 Å². The van der Waals surface area contributed by atoms with Crippen LogP contribution in [0.2, 0.25) is 0 Å². The van der Waals surface area contributed by atoms with E-state index in [1.165, 1.54) is 0 Å². The van der Waals surface area contributed by atoms with E-state index in [1.54, 1.807) is 26.0 Å². The Morgan fingerprint density at radius 2 is 1.64 bits per heavy atom. The Morgan fingerprint density at radius 1 is 0.923 bits per heavy atom.